The first-order valence-corrected chi connectivity index (χ1v) is 7.25. The molecule has 0 aromatic rings. The van der Waals surface area contributed by atoms with Gasteiger partial charge in [0.15, 0.2) is 0 Å². The normalized spacial score (nSPS) is 37.6. The Morgan fingerprint density at radius 1 is 1.38 bits per heavy atom. The van der Waals surface area contributed by atoms with Crippen LogP contribution in [0.4, 0.5) is 0 Å². The Morgan fingerprint density at radius 3 is 2.56 bits per heavy atom. The molecule has 3 nitrogen and oxygen atoms in total. The number of hydrogen-bond acceptors (Lipinski definition) is 3. The van der Waals surface area contributed by atoms with Gasteiger partial charge in [0.2, 0.25) is 0 Å². The molecule has 0 bridgehead atoms. The third-order valence-electron chi connectivity index (χ3n) is 3.91. The Bertz CT molecular complexity index is 273. The van der Waals surface area contributed by atoms with Gasteiger partial charge in [0.25, 0.3) is 0 Å². The average Bonchev–Trinajstić information content (AvgIpc) is 2.51. The van der Waals surface area contributed by atoms with Crippen LogP contribution in [0.3, 0.4) is 0 Å². The molecule has 3 atom stereocenters. The molecule has 16 heavy (non-hydrogen) atoms. The van der Waals surface area contributed by atoms with Crippen molar-refractivity contribution in [3.05, 3.63) is 0 Å². The van der Waals surface area contributed by atoms with Gasteiger partial charge in [-0.1, -0.05) is 41.9 Å². The summed E-state index contributed by atoms with van der Waals surface area (Å²) in [5, 5.41) is 0. The summed E-state index contributed by atoms with van der Waals surface area (Å²) in [6, 6.07) is 0. The second-order valence-electron chi connectivity index (χ2n) is 4.89. The molecular weight excluding hydrogens is 319 g/mol. The SMILES string of the molecule is COC(=O)[C@H]1[C@H](I)[C@H](C)OC12CCCCC2. The van der Waals surface area contributed by atoms with Crippen molar-refractivity contribution in [3.63, 3.8) is 0 Å². The van der Waals surface area contributed by atoms with Crippen molar-refractivity contribution >= 4 is 28.6 Å². The van der Waals surface area contributed by atoms with Crippen molar-refractivity contribution in [1.29, 1.82) is 0 Å². The van der Waals surface area contributed by atoms with Gasteiger partial charge in [0.05, 0.1) is 22.7 Å². The third-order valence-corrected chi connectivity index (χ3v) is 5.64. The summed E-state index contributed by atoms with van der Waals surface area (Å²) in [6.07, 6.45) is 5.78. The van der Waals surface area contributed by atoms with Crippen LogP contribution in [-0.4, -0.2) is 28.7 Å². The van der Waals surface area contributed by atoms with E-state index in [2.05, 4.69) is 29.5 Å². The highest BCUT2D eigenvalue weighted by atomic mass is 127. The van der Waals surface area contributed by atoms with Crippen LogP contribution in [0, 0.1) is 5.92 Å². The zero-order valence-corrected chi connectivity index (χ0v) is 12.0. The van der Waals surface area contributed by atoms with Crippen LogP contribution < -0.4 is 0 Å². The summed E-state index contributed by atoms with van der Waals surface area (Å²) in [6.45, 7) is 2.07. The second-order valence-corrected chi connectivity index (χ2v) is 6.33. The molecule has 0 radical (unpaired) electrons. The minimum Gasteiger partial charge on any atom is -0.469 e. The van der Waals surface area contributed by atoms with Crippen molar-refractivity contribution in [2.75, 3.05) is 7.11 Å². The molecule has 1 aliphatic carbocycles. The Balaban J connectivity index is 2.24. The van der Waals surface area contributed by atoms with Crippen molar-refractivity contribution in [1.82, 2.24) is 0 Å². The summed E-state index contributed by atoms with van der Waals surface area (Å²) in [7, 11) is 1.48. The Kier molecular flexibility index (Phi) is 3.79. The van der Waals surface area contributed by atoms with Gasteiger partial charge in [-0.25, -0.2) is 0 Å². The van der Waals surface area contributed by atoms with Gasteiger partial charge in [0, 0.05) is 0 Å². The largest absolute Gasteiger partial charge is 0.469 e. The lowest BCUT2D eigenvalue weighted by Crippen LogP contribution is -2.44. The molecule has 0 N–H and O–H groups in total. The molecule has 1 saturated carbocycles. The van der Waals surface area contributed by atoms with Crippen LogP contribution in [0.25, 0.3) is 0 Å². The van der Waals surface area contributed by atoms with Crippen LogP contribution >= 0.6 is 22.6 Å². The number of hydrogen-bond donors (Lipinski definition) is 0. The van der Waals surface area contributed by atoms with Gasteiger partial charge >= 0.3 is 5.97 Å². The van der Waals surface area contributed by atoms with Gasteiger partial charge in [-0.15, -0.1) is 0 Å². The fraction of sp³-hybridized carbons (Fsp3) is 0.917. The van der Waals surface area contributed by atoms with E-state index in [-0.39, 0.29) is 27.5 Å². The average molecular weight is 338 g/mol. The minimum atomic E-state index is -0.226. The number of rotatable bonds is 1. The fourth-order valence-corrected chi connectivity index (χ4v) is 4.22. The molecular formula is C12H19IO3. The maximum Gasteiger partial charge on any atom is 0.312 e. The van der Waals surface area contributed by atoms with E-state index < -0.39 is 0 Å². The highest BCUT2D eigenvalue weighted by Gasteiger charge is 2.56. The number of alkyl halides is 1. The number of esters is 1. The molecule has 92 valence electrons. The molecule has 0 aromatic carbocycles. The predicted octanol–water partition coefficient (Wildman–Crippen LogP) is 2.70. The lowest BCUT2D eigenvalue weighted by atomic mass is 9.75. The zero-order valence-electron chi connectivity index (χ0n) is 9.87. The van der Waals surface area contributed by atoms with E-state index in [0.717, 1.165) is 12.8 Å². The van der Waals surface area contributed by atoms with Crippen LogP contribution in [0.1, 0.15) is 39.0 Å². The summed E-state index contributed by atoms with van der Waals surface area (Å²) >= 11 is 2.35. The molecule has 2 fully saturated rings. The van der Waals surface area contributed by atoms with Crippen LogP contribution in [0.2, 0.25) is 0 Å². The molecule has 2 aliphatic rings. The second kappa shape index (κ2) is 4.80. The van der Waals surface area contributed by atoms with Crippen molar-refractivity contribution in [2.45, 2.75) is 54.7 Å². The van der Waals surface area contributed by atoms with E-state index >= 15 is 0 Å². The molecule has 1 saturated heterocycles. The molecule has 4 heteroatoms. The summed E-state index contributed by atoms with van der Waals surface area (Å²) in [5.41, 5.74) is -0.226. The number of carbonyl (C=O) groups excluding carboxylic acids is 1. The maximum absolute atomic E-state index is 11.9. The van der Waals surface area contributed by atoms with Gasteiger partial charge in [-0.2, -0.15) is 0 Å². The standard InChI is InChI=1S/C12H19IO3/c1-8-10(13)9(11(14)15-2)12(16-8)6-4-3-5-7-12/h8-10H,3-7H2,1-2H3/t8-,9+,10+/m0/s1. The van der Waals surface area contributed by atoms with E-state index in [0.29, 0.717) is 0 Å². The van der Waals surface area contributed by atoms with E-state index in [4.69, 9.17) is 9.47 Å². The smallest absolute Gasteiger partial charge is 0.312 e. The first-order chi connectivity index (χ1) is 7.60. The van der Waals surface area contributed by atoms with E-state index in [1.54, 1.807) is 0 Å². The fourth-order valence-electron chi connectivity index (χ4n) is 3.12. The Labute approximate surface area is 110 Å². The van der Waals surface area contributed by atoms with E-state index in [9.17, 15) is 4.79 Å². The lowest BCUT2D eigenvalue weighted by Gasteiger charge is -2.36. The summed E-state index contributed by atoms with van der Waals surface area (Å²) in [5.74, 6) is -0.168. The number of methoxy groups -OCH3 is 1. The van der Waals surface area contributed by atoms with Gasteiger partial charge < -0.3 is 9.47 Å². The van der Waals surface area contributed by atoms with Gasteiger partial charge in [-0.3, -0.25) is 4.79 Å². The Hall–Kier alpha value is 0.160. The van der Waals surface area contributed by atoms with E-state index in [1.807, 2.05) is 0 Å². The lowest BCUT2D eigenvalue weighted by molar-refractivity contribution is -0.155. The molecule has 0 amide bonds. The van der Waals surface area contributed by atoms with Crippen molar-refractivity contribution < 1.29 is 14.3 Å². The number of halogens is 1. The number of carbonyl (C=O) groups is 1. The summed E-state index contributed by atoms with van der Waals surface area (Å²) < 4.78 is 11.3. The minimum absolute atomic E-state index is 0.0756. The molecule has 0 aromatic heterocycles. The first-order valence-electron chi connectivity index (χ1n) is 6.00. The molecule has 2 rings (SSSR count). The van der Waals surface area contributed by atoms with Crippen LogP contribution in [0.5, 0.6) is 0 Å². The van der Waals surface area contributed by atoms with Gasteiger partial charge in [0.1, 0.15) is 5.92 Å². The highest BCUT2D eigenvalue weighted by Crippen LogP contribution is 2.49. The molecule has 1 heterocycles. The molecule has 0 unspecified atom stereocenters. The topological polar surface area (TPSA) is 35.5 Å². The monoisotopic (exact) mass is 338 g/mol. The molecule has 1 aliphatic heterocycles. The predicted molar refractivity (Wildman–Crippen MR) is 69.7 cm³/mol. The van der Waals surface area contributed by atoms with E-state index in [1.165, 1.54) is 26.4 Å². The van der Waals surface area contributed by atoms with Crippen LogP contribution in [0.15, 0.2) is 0 Å². The van der Waals surface area contributed by atoms with Crippen molar-refractivity contribution in [2.24, 2.45) is 5.92 Å². The van der Waals surface area contributed by atoms with Gasteiger partial charge in [-0.05, 0) is 19.8 Å². The van der Waals surface area contributed by atoms with Crippen molar-refractivity contribution in [3.8, 4) is 0 Å². The summed E-state index contributed by atoms with van der Waals surface area (Å²) in [4.78, 5) is 11.9. The van der Waals surface area contributed by atoms with Crippen LogP contribution in [-0.2, 0) is 14.3 Å². The third kappa shape index (κ3) is 1.98. The number of ether oxygens (including phenoxy) is 2. The zero-order chi connectivity index (χ0) is 11.8. The highest BCUT2D eigenvalue weighted by molar-refractivity contribution is 14.1. The maximum atomic E-state index is 11.9. The Morgan fingerprint density at radius 2 is 2.00 bits per heavy atom. The quantitative estimate of drug-likeness (QED) is 0.419. The first kappa shape index (κ1) is 12.6. The molecule has 1 spiro atoms.